The number of anilines is 2. The molecule has 0 saturated heterocycles. The number of hydrogen-bond acceptors (Lipinski definition) is 4. The molecule has 0 radical (unpaired) electrons. The number of aromatic hydroxyl groups is 1. The number of aryl methyl sites for hydroxylation is 1. The van der Waals surface area contributed by atoms with E-state index in [4.69, 9.17) is 10.5 Å². The van der Waals surface area contributed by atoms with E-state index < -0.39 is 12.3 Å². The van der Waals surface area contributed by atoms with Gasteiger partial charge in [0.05, 0.1) is 11.4 Å². The molecule has 0 fully saturated rings. The summed E-state index contributed by atoms with van der Waals surface area (Å²) in [6.45, 7) is 3.62. The van der Waals surface area contributed by atoms with E-state index in [0.29, 0.717) is 17.1 Å². The number of nitrogen functional groups attached to an aromatic ring is 1. The number of carbonyl (C=O) groups is 1. The maximum Gasteiger partial charge on any atom is 0.322 e. The van der Waals surface area contributed by atoms with Gasteiger partial charge in [0, 0.05) is 0 Å². The number of hydrogen-bond donors (Lipinski definition) is 4. The Balaban J connectivity index is 1.89. The molecular formula is C16H19N3O3. The predicted octanol–water partition coefficient (Wildman–Crippen LogP) is 2.83. The van der Waals surface area contributed by atoms with Gasteiger partial charge in [0.2, 0.25) is 0 Å². The fraction of sp³-hybridized carbons (Fsp3) is 0.188. The summed E-state index contributed by atoms with van der Waals surface area (Å²) in [6.07, 6.45) is -0.545. The molecule has 5 N–H and O–H groups in total. The zero-order chi connectivity index (χ0) is 16.1. The second-order valence-corrected chi connectivity index (χ2v) is 4.94. The van der Waals surface area contributed by atoms with Crippen molar-refractivity contribution in [1.82, 2.24) is 5.32 Å². The van der Waals surface area contributed by atoms with Crippen molar-refractivity contribution in [2.24, 2.45) is 0 Å². The highest BCUT2D eigenvalue weighted by Crippen LogP contribution is 2.19. The molecule has 2 aromatic rings. The number of ether oxygens (including phenoxy) is 1. The Kier molecular flexibility index (Phi) is 4.73. The summed E-state index contributed by atoms with van der Waals surface area (Å²) in [7, 11) is 0. The molecule has 0 saturated carbocycles. The molecule has 0 spiro atoms. The summed E-state index contributed by atoms with van der Waals surface area (Å²) < 4.78 is 5.51. The summed E-state index contributed by atoms with van der Waals surface area (Å²) in [5.74, 6) is 0.695. The van der Waals surface area contributed by atoms with Gasteiger partial charge in [0.15, 0.2) is 6.23 Å². The van der Waals surface area contributed by atoms with Gasteiger partial charge in [-0.3, -0.25) is 0 Å². The van der Waals surface area contributed by atoms with Gasteiger partial charge in [-0.25, -0.2) is 4.79 Å². The number of amides is 2. The van der Waals surface area contributed by atoms with Crippen LogP contribution in [0.25, 0.3) is 0 Å². The van der Waals surface area contributed by atoms with Crippen molar-refractivity contribution < 1.29 is 14.6 Å². The van der Waals surface area contributed by atoms with Gasteiger partial charge in [-0.1, -0.05) is 6.07 Å². The molecule has 2 aromatic carbocycles. The Hall–Kier alpha value is -2.89. The number of phenolic OH excluding ortho intramolecular Hbond substituents is 1. The molecule has 6 heteroatoms. The van der Waals surface area contributed by atoms with Crippen LogP contribution < -0.4 is 21.1 Å². The maximum atomic E-state index is 11.9. The van der Waals surface area contributed by atoms with E-state index in [1.165, 1.54) is 12.1 Å². The first-order valence-electron chi connectivity index (χ1n) is 6.83. The van der Waals surface area contributed by atoms with Crippen LogP contribution in [0.15, 0.2) is 42.5 Å². The van der Waals surface area contributed by atoms with Crippen molar-refractivity contribution in [3.63, 3.8) is 0 Å². The van der Waals surface area contributed by atoms with Gasteiger partial charge in [-0.2, -0.15) is 0 Å². The topological polar surface area (TPSA) is 96.6 Å². The zero-order valence-electron chi connectivity index (χ0n) is 12.5. The molecule has 0 aliphatic rings. The number of benzene rings is 2. The van der Waals surface area contributed by atoms with Gasteiger partial charge in [-0.05, 0) is 55.8 Å². The van der Waals surface area contributed by atoms with Crippen molar-refractivity contribution in [2.45, 2.75) is 20.1 Å². The lowest BCUT2D eigenvalue weighted by molar-refractivity contribution is 0.183. The van der Waals surface area contributed by atoms with Crippen LogP contribution in [0.4, 0.5) is 16.2 Å². The molecule has 22 heavy (non-hydrogen) atoms. The van der Waals surface area contributed by atoms with Crippen LogP contribution in [-0.4, -0.2) is 17.4 Å². The minimum absolute atomic E-state index is 0.153. The standard InChI is InChI=1S/C16H19N3O3/c1-10-3-8-15(14(17)9-10)19-16(21)18-11(2)22-13-6-4-12(20)5-7-13/h3-9,11,20H,17H2,1-2H3,(H2,18,19,21). The van der Waals surface area contributed by atoms with Gasteiger partial charge in [0.1, 0.15) is 11.5 Å². The summed E-state index contributed by atoms with van der Waals surface area (Å²) in [5.41, 5.74) is 7.91. The van der Waals surface area contributed by atoms with Gasteiger partial charge < -0.3 is 26.2 Å². The van der Waals surface area contributed by atoms with Crippen LogP contribution in [0.1, 0.15) is 12.5 Å². The highest BCUT2D eigenvalue weighted by Gasteiger charge is 2.10. The lowest BCUT2D eigenvalue weighted by Crippen LogP contribution is -2.39. The minimum atomic E-state index is -0.545. The number of nitrogens with two attached hydrogens (primary N) is 1. The van der Waals surface area contributed by atoms with Crippen LogP contribution in [0.5, 0.6) is 11.5 Å². The zero-order valence-corrected chi connectivity index (χ0v) is 12.5. The molecule has 0 heterocycles. The monoisotopic (exact) mass is 301 g/mol. The van der Waals surface area contributed by atoms with E-state index >= 15 is 0 Å². The minimum Gasteiger partial charge on any atom is -0.508 e. The fourth-order valence-electron chi connectivity index (χ4n) is 1.90. The molecule has 116 valence electrons. The van der Waals surface area contributed by atoms with E-state index in [-0.39, 0.29) is 5.75 Å². The first-order valence-corrected chi connectivity index (χ1v) is 6.83. The lowest BCUT2D eigenvalue weighted by atomic mass is 10.2. The third-order valence-corrected chi connectivity index (χ3v) is 2.94. The second-order valence-electron chi connectivity index (χ2n) is 4.94. The summed E-state index contributed by atoms with van der Waals surface area (Å²) in [5, 5.41) is 14.5. The van der Waals surface area contributed by atoms with Gasteiger partial charge >= 0.3 is 6.03 Å². The number of carbonyl (C=O) groups excluding carboxylic acids is 1. The molecule has 0 aliphatic carbocycles. The van der Waals surface area contributed by atoms with E-state index in [2.05, 4.69) is 10.6 Å². The van der Waals surface area contributed by atoms with Crippen LogP contribution >= 0.6 is 0 Å². The molecule has 0 aliphatic heterocycles. The summed E-state index contributed by atoms with van der Waals surface area (Å²) in [6, 6.07) is 11.2. The van der Waals surface area contributed by atoms with Gasteiger partial charge in [-0.15, -0.1) is 0 Å². The highest BCUT2D eigenvalue weighted by molar-refractivity contribution is 5.92. The third-order valence-electron chi connectivity index (χ3n) is 2.94. The molecule has 6 nitrogen and oxygen atoms in total. The van der Waals surface area contributed by atoms with Crippen LogP contribution in [-0.2, 0) is 0 Å². The average molecular weight is 301 g/mol. The Morgan fingerprint density at radius 3 is 2.55 bits per heavy atom. The predicted molar refractivity (Wildman–Crippen MR) is 85.9 cm³/mol. The van der Waals surface area contributed by atoms with Crippen LogP contribution in [0, 0.1) is 6.92 Å². The Labute approximate surface area is 128 Å². The van der Waals surface area contributed by atoms with Crippen molar-refractivity contribution in [3.05, 3.63) is 48.0 Å². The number of phenols is 1. The molecule has 0 aromatic heterocycles. The lowest BCUT2D eigenvalue weighted by Gasteiger charge is -2.17. The smallest absolute Gasteiger partial charge is 0.322 e. The molecule has 1 atom stereocenters. The van der Waals surface area contributed by atoms with Gasteiger partial charge in [0.25, 0.3) is 0 Å². The van der Waals surface area contributed by atoms with Crippen molar-refractivity contribution >= 4 is 17.4 Å². The average Bonchev–Trinajstić information content (AvgIpc) is 2.44. The maximum absolute atomic E-state index is 11.9. The Morgan fingerprint density at radius 1 is 1.23 bits per heavy atom. The molecule has 1 unspecified atom stereocenters. The first-order chi connectivity index (χ1) is 10.4. The SMILES string of the molecule is Cc1ccc(NC(=O)NC(C)Oc2ccc(O)cc2)c(N)c1. The first kappa shape index (κ1) is 15.5. The summed E-state index contributed by atoms with van der Waals surface area (Å²) >= 11 is 0. The molecule has 2 amide bonds. The second kappa shape index (κ2) is 6.71. The van der Waals surface area contributed by atoms with Crippen molar-refractivity contribution in [1.29, 1.82) is 0 Å². The van der Waals surface area contributed by atoms with Crippen molar-refractivity contribution in [3.8, 4) is 11.5 Å². The van der Waals surface area contributed by atoms with E-state index in [1.54, 1.807) is 31.2 Å². The number of nitrogens with one attached hydrogen (secondary N) is 2. The van der Waals surface area contributed by atoms with Crippen LogP contribution in [0.3, 0.4) is 0 Å². The molecule has 0 bridgehead atoms. The number of rotatable bonds is 4. The van der Waals surface area contributed by atoms with E-state index in [9.17, 15) is 9.90 Å². The normalized spacial score (nSPS) is 11.5. The van der Waals surface area contributed by atoms with Crippen LogP contribution in [0.2, 0.25) is 0 Å². The quantitative estimate of drug-likeness (QED) is 0.515. The Bertz CT molecular complexity index is 656. The largest absolute Gasteiger partial charge is 0.508 e. The Morgan fingerprint density at radius 2 is 1.91 bits per heavy atom. The highest BCUT2D eigenvalue weighted by atomic mass is 16.5. The van der Waals surface area contributed by atoms with Crippen molar-refractivity contribution in [2.75, 3.05) is 11.1 Å². The fourth-order valence-corrected chi connectivity index (χ4v) is 1.90. The number of urea groups is 1. The molecule has 2 rings (SSSR count). The third kappa shape index (κ3) is 4.31. The summed E-state index contributed by atoms with van der Waals surface area (Å²) in [4.78, 5) is 11.9. The van der Waals surface area contributed by atoms with E-state index in [0.717, 1.165) is 5.56 Å². The van der Waals surface area contributed by atoms with E-state index in [1.807, 2.05) is 13.0 Å². The molecular weight excluding hydrogens is 282 g/mol.